The molecule has 2 aromatic heterocycles. The summed E-state index contributed by atoms with van der Waals surface area (Å²) in [5, 5.41) is 1.04. The number of benzene rings is 1. The van der Waals surface area contributed by atoms with Crippen LogP contribution in [0, 0.1) is 6.92 Å². The lowest BCUT2D eigenvalue weighted by atomic mass is 10.2. The number of hydrogen-bond acceptors (Lipinski definition) is 4. The molecule has 0 N–H and O–H groups in total. The van der Waals surface area contributed by atoms with Crippen molar-refractivity contribution in [3.63, 3.8) is 0 Å². The molecule has 106 valence electrons. The van der Waals surface area contributed by atoms with Gasteiger partial charge in [-0.25, -0.2) is 9.97 Å². The van der Waals surface area contributed by atoms with Gasteiger partial charge in [-0.1, -0.05) is 25.1 Å². The second-order valence-electron chi connectivity index (χ2n) is 4.68. The molecule has 0 saturated heterocycles. The molecule has 0 aliphatic heterocycles. The molecule has 0 atom stereocenters. The van der Waals surface area contributed by atoms with Crippen molar-refractivity contribution in [1.82, 2.24) is 15.0 Å². The van der Waals surface area contributed by atoms with E-state index in [1.165, 1.54) is 0 Å². The highest BCUT2D eigenvalue weighted by Gasteiger charge is 2.08. The third-order valence-corrected chi connectivity index (χ3v) is 3.48. The summed E-state index contributed by atoms with van der Waals surface area (Å²) in [6, 6.07) is 11.7. The van der Waals surface area contributed by atoms with Gasteiger partial charge in [0.1, 0.15) is 15.9 Å². The number of halogens is 1. The van der Waals surface area contributed by atoms with E-state index < -0.39 is 0 Å². The lowest BCUT2D eigenvalue weighted by Gasteiger charge is -2.09. The number of hydrogen-bond donors (Lipinski definition) is 0. The minimum atomic E-state index is 0.518. The van der Waals surface area contributed by atoms with Gasteiger partial charge in [-0.3, -0.25) is 0 Å². The number of para-hydroxylation sites is 1. The Morgan fingerprint density at radius 2 is 1.95 bits per heavy atom. The molecule has 0 unspecified atom stereocenters. The molecule has 0 radical (unpaired) electrons. The monoisotopic (exact) mass is 343 g/mol. The Morgan fingerprint density at radius 1 is 1.10 bits per heavy atom. The normalized spacial score (nSPS) is 10.8. The molecule has 0 amide bonds. The van der Waals surface area contributed by atoms with E-state index in [4.69, 9.17) is 4.74 Å². The Bertz CT molecular complexity index is 805. The number of aromatic nitrogens is 3. The van der Waals surface area contributed by atoms with E-state index in [0.717, 1.165) is 28.8 Å². The Labute approximate surface area is 131 Å². The molecule has 4 nitrogen and oxygen atoms in total. The number of fused-ring (bicyclic) bond motifs is 1. The fraction of sp³-hybridized carbons (Fsp3) is 0.188. The molecule has 21 heavy (non-hydrogen) atoms. The molecule has 0 saturated carbocycles. The fourth-order valence-corrected chi connectivity index (χ4v) is 2.47. The SMILES string of the molecule is CCc1nc(Br)cc(Oc2cccc3ccc(C)nc23)n1. The molecular formula is C16H14BrN3O. The van der Waals surface area contributed by atoms with Crippen LogP contribution in [0.25, 0.3) is 10.9 Å². The van der Waals surface area contributed by atoms with Gasteiger partial charge in [-0.15, -0.1) is 0 Å². The Kier molecular flexibility index (Phi) is 3.84. The molecule has 2 heterocycles. The first-order valence-electron chi connectivity index (χ1n) is 6.73. The minimum absolute atomic E-state index is 0.518. The number of ether oxygens (including phenoxy) is 1. The van der Waals surface area contributed by atoms with E-state index in [-0.39, 0.29) is 0 Å². The van der Waals surface area contributed by atoms with Gasteiger partial charge in [0.15, 0.2) is 5.75 Å². The van der Waals surface area contributed by atoms with Gasteiger partial charge in [0.05, 0.1) is 0 Å². The molecule has 5 heteroatoms. The van der Waals surface area contributed by atoms with Gasteiger partial charge < -0.3 is 4.74 Å². The van der Waals surface area contributed by atoms with Crippen LogP contribution in [0.4, 0.5) is 0 Å². The summed E-state index contributed by atoms with van der Waals surface area (Å²) in [5.74, 6) is 1.96. The average Bonchev–Trinajstić information content (AvgIpc) is 2.47. The van der Waals surface area contributed by atoms with Crippen molar-refractivity contribution in [2.75, 3.05) is 0 Å². The van der Waals surface area contributed by atoms with E-state index in [1.807, 2.05) is 44.2 Å². The van der Waals surface area contributed by atoms with Crippen LogP contribution in [0.2, 0.25) is 0 Å². The summed E-state index contributed by atoms with van der Waals surface area (Å²) in [5.41, 5.74) is 1.79. The molecule has 0 spiro atoms. The van der Waals surface area contributed by atoms with Crippen molar-refractivity contribution in [2.45, 2.75) is 20.3 Å². The Balaban J connectivity index is 2.05. The second kappa shape index (κ2) is 5.77. The summed E-state index contributed by atoms with van der Waals surface area (Å²) in [4.78, 5) is 13.2. The molecule has 0 aliphatic rings. The van der Waals surface area contributed by atoms with Crippen LogP contribution in [0.15, 0.2) is 41.0 Å². The van der Waals surface area contributed by atoms with Gasteiger partial charge in [0, 0.05) is 23.6 Å². The summed E-state index contributed by atoms with van der Waals surface area (Å²) in [6.45, 7) is 3.97. The highest BCUT2D eigenvalue weighted by Crippen LogP contribution is 2.28. The number of aryl methyl sites for hydroxylation is 2. The lowest BCUT2D eigenvalue weighted by molar-refractivity contribution is 0.462. The van der Waals surface area contributed by atoms with Crippen molar-refractivity contribution in [1.29, 1.82) is 0 Å². The summed E-state index contributed by atoms with van der Waals surface area (Å²) >= 11 is 3.38. The first kappa shape index (κ1) is 13.9. The lowest BCUT2D eigenvalue weighted by Crippen LogP contribution is -1.97. The maximum Gasteiger partial charge on any atom is 0.223 e. The van der Waals surface area contributed by atoms with Crippen molar-refractivity contribution < 1.29 is 4.74 Å². The molecule has 0 fully saturated rings. The zero-order chi connectivity index (χ0) is 14.8. The molecule has 3 rings (SSSR count). The third-order valence-electron chi connectivity index (χ3n) is 3.07. The highest BCUT2D eigenvalue weighted by molar-refractivity contribution is 9.10. The minimum Gasteiger partial charge on any atom is -0.437 e. The van der Waals surface area contributed by atoms with Gasteiger partial charge >= 0.3 is 0 Å². The third kappa shape index (κ3) is 3.03. The predicted molar refractivity (Wildman–Crippen MR) is 85.7 cm³/mol. The Morgan fingerprint density at radius 3 is 2.76 bits per heavy atom. The van der Waals surface area contributed by atoms with Crippen molar-refractivity contribution in [2.24, 2.45) is 0 Å². The van der Waals surface area contributed by atoms with Gasteiger partial charge in [0.25, 0.3) is 0 Å². The summed E-state index contributed by atoms with van der Waals surface area (Å²) in [6.07, 6.45) is 0.753. The van der Waals surface area contributed by atoms with Crippen LogP contribution >= 0.6 is 15.9 Å². The number of rotatable bonds is 3. The first-order valence-corrected chi connectivity index (χ1v) is 7.52. The molecule has 1 aromatic carbocycles. The maximum absolute atomic E-state index is 5.93. The predicted octanol–water partition coefficient (Wildman–Crippen LogP) is 4.45. The van der Waals surface area contributed by atoms with Crippen LogP contribution in [0.1, 0.15) is 18.4 Å². The maximum atomic E-state index is 5.93. The van der Waals surface area contributed by atoms with E-state index in [9.17, 15) is 0 Å². The smallest absolute Gasteiger partial charge is 0.223 e. The summed E-state index contributed by atoms with van der Waals surface area (Å²) < 4.78 is 6.64. The topological polar surface area (TPSA) is 47.9 Å². The number of pyridine rings is 1. The molecular weight excluding hydrogens is 330 g/mol. The fourth-order valence-electron chi connectivity index (χ4n) is 2.06. The molecule has 0 bridgehead atoms. The second-order valence-corrected chi connectivity index (χ2v) is 5.49. The summed E-state index contributed by atoms with van der Waals surface area (Å²) in [7, 11) is 0. The van der Waals surface area contributed by atoms with Crippen LogP contribution < -0.4 is 4.74 Å². The largest absolute Gasteiger partial charge is 0.437 e. The van der Waals surface area contributed by atoms with E-state index in [2.05, 4.69) is 30.9 Å². The number of nitrogens with zero attached hydrogens (tertiary/aromatic N) is 3. The van der Waals surface area contributed by atoms with Crippen LogP contribution in [0.5, 0.6) is 11.6 Å². The van der Waals surface area contributed by atoms with Crippen LogP contribution in [0.3, 0.4) is 0 Å². The van der Waals surface area contributed by atoms with Gasteiger partial charge in [-0.05, 0) is 35.0 Å². The van der Waals surface area contributed by atoms with E-state index >= 15 is 0 Å². The molecule has 0 aliphatic carbocycles. The van der Waals surface area contributed by atoms with Crippen molar-refractivity contribution >= 4 is 26.8 Å². The van der Waals surface area contributed by atoms with E-state index in [1.54, 1.807) is 6.07 Å². The zero-order valence-electron chi connectivity index (χ0n) is 11.8. The highest BCUT2D eigenvalue weighted by atomic mass is 79.9. The Hall–Kier alpha value is -2.01. The van der Waals surface area contributed by atoms with Gasteiger partial charge in [0.2, 0.25) is 5.88 Å². The zero-order valence-corrected chi connectivity index (χ0v) is 13.4. The molecule has 3 aromatic rings. The van der Waals surface area contributed by atoms with Crippen molar-refractivity contribution in [3.8, 4) is 11.6 Å². The quantitative estimate of drug-likeness (QED) is 0.659. The van der Waals surface area contributed by atoms with E-state index in [0.29, 0.717) is 16.2 Å². The standard InChI is InChI=1S/C16H14BrN3O/c1-3-14-19-13(17)9-15(20-14)21-12-6-4-5-11-8-7-10(2)18-16(11)12/h4-9H,3H2,1-2H3. The average molecular weight is 344 g/mol. The van der Waals surface area contributed by atoms with Gasteiger partial charge in [-0.2, -0.15) is 4.98 Å². The van der Waals surface area contributed by atoms with Crippen LogP contribution in [-0.2, 0) is 6.42 Å². The first-order chi connectivity index (χ1) is 10.2. The van der Waals surface area contributed by atoms with Crippen LogP contribution in [-0.4, -0.2) is 15.0 Å². The van der Waals surface area contributed by atoms with Crippen molar-refractivity contribution in [3.05, 3.63) is 52.5 Å².